The number of hydrogen-bond acceptors (Lipinski definition) is 0. The molecule has 0 amide bonds. The predicted octanol–water partition coefficient (Wildman–Crippen LogP) is 6.62. The standard InChI is InChI=1S/C26H19F5/c1-2-15-10-21(27)25(22(28)11-15)20-8-7-18-9-16(5-6-19(18)14-20)3-4-17-12-23(29)26(31)24(30)13-17/h5-6,9-13,20H,2,7-8,14H2,1H3. The summed E-state index contributed by atoms with van der Waals surface area (Å²) in [5, 5.41) is 0. The summed E-state index contributed by atoms with van der Waals surface area (Å²) in [5.74, 6) is 0.158. The van der Waals surface area contributed by atoms with Crippen molar-refractivity contribution < 1.29 is 22.0 Å². The molecule has 0 aromatic heterocycles. The van der Waals surface area contributed by atoms with Crippen LogP contribution in [-0.2, 0) is 19.3 Å². The normalized spacial score (nSPS) is 15.2. The zero-order valence-corrected chi connectivity index (χ0v) is 16.8. The van der Waals surface area contributed by atoms with Crippen molar-refractivity contribution in [1.29, 1.82) is 0 Å². The second-order valence-corrected chi connectivity index (χ2v) is 7.75. The second-order valence-electron chi connectivity index (χ2n) is 7.75. The van der Waals surface area contributed by atoms with E-state index in [1.165, 1.54) is 12.1 Å². The predicted molar refractivity (Wildman–Crippen MR) is 109 cm³/mol. The molecule has 1 aliphatic rings. The van der Waals surface area contributed by atoms with Gasteiger partial charge in [-0.25, -0.2) is 22.0 Å². The molecule has 0 N–H and O–H groups in total. The molecule has 0 fully saturated rings. The molecule has 0 heterocycles. The number of benzene rings is 3. The Kier molecular flexibility index (Phi) is 5.82. The van der Waals surface area contributed by atoms with Gasteiger partial charge in [-0.15, -0.1) is 0 Å². The minimum Gasteiger partial charge on any atom is -0.207 e. The van der Waals surface area contributed by atoms with Gasteiger partial charge in [0.2, 0.25) is 0 Å². The Morgan fingerprint density at radius 2 is 1.42 bits per heavy atom. The fourth-order valence-corrected chi connectivity index (χ4v) is 4.08. The summed E-state index contributed by atoms with van der Waals surface area (Å²) in [7, 11) is 0. The van der Waals surface area contributed by atoms with Crippen molar-refractivity contribution in [1.82, 2.24) is 0 Å². The fraction of sp³-hybridized carbons (Fsp3) is 0.231. The SMILES string of the molecule is CCc1cc(F)c(C2CCc3cc(C#Cc4cc(F)c(F)c(F)c4)ccc3C2)c(F)c1. The first kappa shape index (κ1) is 21.1. The van der Waals surface area contributed by atoms with Crippen LogP contribution in [0.4, 0.5) is 22.0 Å². The molecule has 0 bridgehead atoms. The highest BCUT2D eigenvalue weighted by Crippen LogP contribution is 2.36. The lowest BCUT2D eigenvalue weighted by Gasteiger charge is -2.26. The minimum absolute atomic E-state index is 0.0376. The molecule has 1 atom stereocenters. The van der Waals surface area contributed by atoms with E-state index in [4.69, 9.17) is 0 Å². The Morgan fingerprint density at radius 3 is 2.06 bits per heavy atom. The average Bonchev–Trinajstić information content (AvgIpc) is 2.75. The van der Waals surface area contributed by atoms with Gasteiger partial charge in [-0.1, -0.05) is 24.8 Å². The summed E-state index contributed by atoms with van der Waals surface area (Å²) in [6.07, 6.45) is 2.35. The number of hydrogen-bond donors (Lipinski definition) is 0. The lowest BCUT2D eigenvalue weighted by Crippen LogP contribution is -2.16. The van der Waals surface area contributed by atoms with Crippen molar-refractivity contribution >= 4 is 0 Å². The van der Waals surface area contributed by atoms with Crippen LogP contribution in [0.2, 0.25) is 0 Å². The Labute approximate surface area is 177 Å². The van der Waals surface area contributed by atoms with E-state index in [1.807, 2.05) is 19.1 Å². The molecule has 0 radical (unpaired) electrons. The Morgan fingerprint density at radius 1 is 0.774 bits per heavy atom. The smallest absolute Gasteiger partial charge is 0.194 e. The van der Waals surface area contributed by atoms with E-state index in [0.29, 0.717) is 36.8 Å². The maximum absolute atomic E-state index is 14.5. The molecule has 0 saturated heterocycles. The molecule has 0 saturated carbocycles. The van der Waals surface area contributed by atoms with Crippen LogP contribution in [-0.4, -0.2) is 0 Å². The van der Waals surface area contributed by atoms with Crippen molar-refractivity contribution in [3.05, 3.63) is 105 Å². The maximum atomic E-state index is 14.5. The molecule has 1 aliphatic carbocycles. The Balaban J connectivity index is 1.57. The Hall–Kier alpha value is -3.13. The van der Waals surface area contributed by atoms with Crippen LogP contribution < -0.4 is 0 Å². The molecule has 0 aliphatic heterocycles. The number of fused-ring (bicyclic) bond motifs is 1. The number of halogens is 5. The van der Waals surface area contributed by atoms with E-state index in [1.54, 1.807) is 6.07 Å². The van der Waals surface area contributed by atoms with Crippen molar-refractivity contribution in [2.45, 2.75) is 38.5 Å². The van der Waals surface area contributed by atoms with Gasteiger partial charge in [0.25, 0.3) is 0 Å². The first-order valence-electron chi connectivity index (χ1n) is 10.1. The highest BCUT2D eigenvalue weighted by Gasteiger charge is 2.26. The van der Waals surface area contributed by atoms with Crippen LogP contribution in [0.25, 0.3) is 0 Å². The van der Waals surface area contributed by atoms with Crippen LogP contribution in [0.5, 0.6) is 0 Å². The third-order valence-corrected chi connectivity index (χ3v) is 5.73. The summed E-state index contributed by atoms with van der Waals surface area (Å²) in [5.41, 5.74) is 3.50. The molecule has 0 spiro atoms. The van der Waals surface area contributed by atoms with E-state index >= 15 is 0 Å². The molecule has 3 aromatic rings. The minimum atomic E-state index is -1.52. The Bertz CT molecular complexity index is 1170. The van der Waals surface area contributed by atoms with Crippen LogP contribution in [0.1, 0.15) is 52.6 Å². The van der Waals surface area contributed by atoms with Crippen molar-refractivity contribution in [3.63, 3.8) is 0 Å². The highest BCUT2D eigenvalue weighted by atomic mass is 19.2. The number of rotatable bonds is 2. The van der Waals surface area contributed by atoms with Gasteiger partial charge in [0, 0.05) is 16.7 Å². The van der Waals surface area contributed by atoms with E-state index in [-0.39, 0.29) is 17.0 Å². The molecule has 31 heavy (non-hydrogen) atoms. The third-order valence-electron chi connectivity index (χ3n) is 5.73. The second kappa shape index (κ2) is 8.55. The number of aryl methyl sites for hydroxylation is 2. The first-order valence-corrected chi connectivity index (χ1v) is 10.1. The van der Waals surface area contributed by atoms with E-state index < -0.39 is 29.1 Å². The van der Waals surface area contributed by atoms with Gasteiger partial charge in [0.05, 0.1) is 0 Å². The topological polar surface area (TPSA) is 0 Å². The van der Waals surface area contributed by atoms with Gasteiger partial charge >= 0.3 is 0 Å². The molecule has 4 rings (SSSR count). The van der Waals surface area contributed by atoms with Gasteiger partial charge in [-0.3, -0.25) is 0 Å². The summed E-state index contributed by atoms with van der Waals surface area (Å²) >= 11 is 0. The van der Waals surface area contributed by atoms with Crippen LogP contribution in [0.15, 0.2) is 42.5 Å². The molecule has 0 nitrogen and oxygen atoms in total. The lowest BCUT2D eigenvalue weighted by molar-refractivity contribution is 0.446. The van der Waals surface area contributed by atoms with Crippen LogP contribution >= 0.6 is 0 Å². The first-order chi connectivity index (χ1) is 14.9. The highest BCUT2D eigenvalue weighted by molar-refractivity contribution is 5.47. The van der Waals surface area contributed by atoms with Gasteiger partial charge in [-0.2, -0.15) is 0 Å². The molecular formula is C26H19F5. The van der Waals surface area contributed by atoms with Gasteiger partial charge < -0.3 is 0 Å². The third kappa shape index (κ3) is 4.34. The van der Waals surface area contributed by atoms with Crippen molar-refractivity contribution in [2.24, 2.45) is 0 Å². The summed E-state index contributed by atoms with van der Waals surface area (Å²) < 4.78 is 68.8. The molecule has 158 valence electrons. The van der Waals surface area contributed by atoms with Crippen LogP contribution in [0, 0.1) is 40.9 Å². The average molecular weight is 426 g/mol. The van der Waals surface area contributed by atoms with Gasteiger partial charge in [0.15, 0.2) is 17.5 Å². The van der Waals surface area contributed by atoms with Gasteiger partial charge in [-0.05, 0) is 84.7 Å². The summed E-state index contributed by atoms with van der Waals surface area (Å²) in [4.78, 5) is 0. The van der Waals surface area contributed by atoms with E-state index in [2.05, 4.69) is 11.8 Å². The quantitative estimate of drug-likeness (QED) is 0.246. The lowest BCUT2D eigenvalue weighted by atomic mass is 9.79. The largest absolute Gasteiger partial charge is 0.207 e. The molecular weight excluding hydrogens is 407 g/mol. The van der Waals surface area contributed by atoms with Crippen LogP contribution in [0.3, 0.4) is 0 Å². The van der Waals surface area contributed by atoms with Crippen molar-refractivity contribution in [2.75, 3.05) is 0 Å². The van der Waals surface area contributed by atoms with E-state index in [0.717, 1.165) is 23.3 Å². The molecule has 3 aromatic carbocycles. The molecule has 1 unspecified atom stereocenters. The van der Waals surface area contributed by atoms with E-state index in [9.17, 15) is 22.0 Å². The molecule has 5 heteroatoms. The monoisotopic (exact) mass is 426 g/mol. The summed E-state index contributed by atoms with van der Waals surface area (Å²) in [6.45, 7) is 1.86. The fourth-order valence-electron chi connectivity index (χ4n) is 4.08. The van der Waals surface area contributed by atoms with Gasteiger partial charge in [0.1, 0.15) is 11.6 Å². The summed E-state index contributed by atoms with van der Waals surface area (Å²) in [6, 6.07) is 10.0. The van der Waals surface area contributed by atoms with Crippen molar-refractivity contribution in [3.8, 4) is 11.8 Å². The maximum Gasteiger partial charge on any atom is 0.194 e. The zero-order chi connectivity index (χ0) is 22.1. The zero-order valence-electron chi connectivity index (χ0n) is 16.8.